The maximum Gasteiger partial charge on any atom is 0.274 e. The molecule has 21 heavy (non-hydrogen) atoms. The summed E-state index contributed by atoms with van der Waals surface area (Å²) in [5.41, 5.74) is 6.24. The van der Waals surface area contributed by atoms with Crippen molar-refractivity contribution in [3.8, 4) is 0 Å². The van der Waals surface area contributed by atoms with Gasteiger partial charge >= 0.3 is 0 Å². The van der Waals surface area contributed by atoms with Crippen LogP contribution in [0, 0.1) is 21.8 Å². The molecule has 0 spiro atoms. The number of piperidine rings is 1. The summed E-state index contributed by atoms with van der Waals surface area (Å²) in [4.78, 5) is 12.8. The van der Waals surface area contributed by atoms with Crippen molar-refractivity contribution in [1.82, 2.24) is 4.90 Å². The van der Waals surface area contributed by atoms with E-state index in [0.29, 0.717) is 24.6 Å². The number of nitro benzene ring substituents is 1. The molecule has 0 amide bonds. The number of halogens is 1. The van der Waals surface area contributed by atoms with E-state index in [1.54, 1.807) is 0 Å². The molecule has 1 heterocycles. The van der Waals surface area contributed by atoms with Gasteiger partial charge in [-0.05, 0) is 37.4 Å². The molecule has 1 aromatic carbocycles. The Labute approximate surface area is 124 Å². The Morgan fingerprint density at radius 1 is 1.52 bits per heavy atom. The van der Waals surface area contributed by atoms with Crippen LogP contribution in [0.25, 0.3) is 0 Å². The molecule has 0 bridgehead atoms. The molecule has 2 N–H and O–H groups in total. The number of benzene rings is 1. The molecule has 6 heteroatoms. The predicted molar refractivity (Wildman–Crippen MR) is 79.3 cm³/mol. The van der Waals surface area contributed by atoms with E-state index in [4.69, 9.17) is 5.73 Å². The zero-order valence-electron chi connectivity index (χ0n) is 12.3. The number of hydrogen-bond donors (Lipinski definition) is 1. The first-order valence-corrected chi connectivity index (χ1v) is 7.42. The van der Waals surface area contributed by atoms with Crippen molar-refractivity contribution in [2.75, 3.05) is 13.1 Å². The molecule has 0 aromatic heterocycles. The van der Waals surface area contributed by atoms with Crippen LogP contribution in [0.3, 0.4) is 0 Å². The zero-order chi connectivity index (χ0) is 15.4. The largest absolute Gasteiger partial charge is 0.329 e. The summed E-state index contributed by atoms with van der Waals surface area (Å²) >= 11 is 0. The van der Waals surface area contributed by atoms with Crippen molar-refractivity contribution in [3.63, 3.8) is 0 Å². The van der Waals surface area contributed by atoms with E-state index in [2.05, 4.69) is 11.8 Å². The van der Waals surface area contributed by atoms with Gasteiger partial charge in [-0.25, -0.2) is 4.39 Å². The van der Waals surface area contributed by atoms with Crippen molar-refractivity contribution < 1.29 is 9.31 Å². The molecule has 1 aliphatic rings. The highest BCUT2D eigenvalue weighted by Gasteiger charge is 2.28. The average molecular weight is 295 g/mol. The van der Waals surface area contributed by atoms with Gasteiger partial charge in [-0.1, -0.05) is 13.3 Å². The van der Waals surface area contributed by atoms with Gasteiger partial charge in [0.25, 0.3) is 5.69 Å². The van der Waals surface area contributed by atoms with Crippen LogP contribution < -0.4 is 5.73 Å². The second-order valence-corrected chi connectivity index (χ2v) is 5.69. The highest BCUT2D eigenvalue weighted by atomic mass is 19.1. The van der Waals surface area contributed by atoms with Gasteiger partial charge in [0.1, 0.15) is 5.82 Å². The standard InChI is InChI=1S/C15H22FN3O2/c1-2-11-5-6-18(14(7-11)9-17)10-12-8-13(16)3-4-15(12)19(20)21/h3-4,8,11,14H,2,5-7,9-10,17H2,1H3. The number of likely N-dealkylation sites (tertiary alicyclic amines) is 1. The second-order valence-electron chi connectivity index (χ2n) is 5.69. The Morgan fingerprint density at radius 2 is 2.29 bits per heavy atom. The van der Waals surface area contributed by atoms with Crippen LogP contribution in [-0.4, -0.2) is 29.0 Å². The van der Waals surface area contributed by atoms with Crippen molar-refractivity contribution in [1.29, 1.82) is 0 Å². The third-order valence-electron chi connectivity index (χ3n) is 4.41. The van der Waals surface area contributed by atoms with E-state index in [1.807, 2.05) is 0 Å². The summed E-state index contributed by atoms with van der Waals surface area (Å²) in [5.74, 6) is 0.223. The average Bonchev–Trinajstić information content (AvgIpc) is 2.47. The molecule has 2 rings (SSSR count). The van der Waals surface area contributed by atoms with Gasteiger partial charge in [-0.15, -0.1) is 0 Å². The lowest BCUT2D eigenvalue weighted by Crippen LogP contribution is -2.46. The van der Waals surface area contributed by atoms with Crippen LogP contribution in [0.15, 0.2) is 18.2 Å². The van der Waals surface area contributed by atoms with Gasteiger partial charge < -0.3 is 5.73 Å². The summed E-state index contributed by atoms with van der Waals surface area (Å²) in [6.07, 6.45) is 3.21. The molecule has 5 nitrogen and oxygen atoms in total. The van der Waals surface area contributed by atoms with E-state index in [9.17, 15) is 14.5 Å². The second kappa shape index (κ2) is 6.95. The maximum atomic E-state index is 13.4. The van der Waals surface area contributed by atoms with Crippen molar-refractivity contribution in [2.45, 2.75) is 38.8 Å². The number of nitro groups is 1. The SMILES string of the molecule is CCC1CCN(Cc2cc(F)ccc2[N+](=O)[O-])C(CN)C1. The summed E-state index contributed by atoms with van der Waals surface area (Å²) < 4.78 is 13.4. The van der Waals surface area contributed by atoms with Crippen LogP contribution >= 0.6 is 0 Å². The van der Waals surface area contributed by atoms with Crippen LogP contribution in [0.4, 0.5) is 10.1 Å². The quantitative estimate of drug-likeness (QED) is 0.669. The van der Waals surface area contributed by atoms with Gasteiger partial charge in [0.2, 0.25) is 0 Å². The van der Waals surface area contributed by atoms with Crippen molar-refractivity contribution in [3.05, 3.63) is 39.7 Å². The number of rotatable bonds is 5. The van der Waals surface area contributed by atoms with Gasteiger partial charge in [0.15, 0.2) is 0 Å². The monoisotopic (exact) mass is 295 g/mol. The highest BCUT2D eigenvalue weighted by molar-refractivity contribution is 5.40. The lowest BCUT2D eigenvalue weighted by molar-refractivity contribution is -0.385. The number of nitrogens with zero attached hydrogens (tertiary/aromatic N) is 2. The van der Waals surface area contributed by atoms with E-state index in [0.717, 1.165) is 31.9 Å². The Morgan fingerprint density at radius 3 is 2.90 bits per heavy atom. The lowest BCUT2D eigenvalue weighted by atomic mass is 9.88. The minimum Gasteiger partial charge on any atom is -0.329 e. The van der Waals surface area contributed by atoms with Crippen molar-refractivity contribution in [2.24, 2.45) is 11.7 Å². The maximum absolute atomic E-state index is 13.4. The minimum atomic E-state index is -0.453. The summed E-state index contributed by atoms with van der Waals surface area (Å²) in [7, 11) is 0. The van der Waals surface area contributed by atoms with Gasteiger partial charge in [0, 0.05) is 30.8 Å². The van der Waals surface area contributed by atoms with Crippen LogP contribution in [0.5, 0.6) is 0 Å². The molecule has 1 saturated heterocycles. The number of nitrogens with two attached hydrogens (primary N) is 1. The third-order valence-corrected chi connectivity index (χ3v) is 4.41. The van der Waals surface area contributed by atoms with E-state index in [1.165, 1.54) is 12.1 Å². The third kappa shape index (κ3) is 3.77. The first kappa shape index (κ1) is 15.9. The van der Waals surface area contributed by atoms with Gasteiger partial charge in [0.05, 0.1) is 4.92 Å². The normalized spacial score (nSPS) is 23.2. The Balaban J connectivity index is 2.17. The Kier molecular flexibility index (Phi) is 5.25. The van der Waals surface area contributed by atoms with E-state index >= 15 is 0 Å². The van der Waals surface area contributed by atoms with E-state index < -0.39 is 10.7 Å². The molecule has 1 fully saturated rings. The van der Waals surface area contributed by atoms with Crippen LogP contribution in [0.2, 0.25) is 0 Å². The summed E-state index contributed by atoms with van der Waals surface area (Å²) in [6.45, 7) is 3.94. The molecule has 2 unspecified atom stereocenters. The first-order valence-electron chi connectivity index (χ1n) is 7.42. The first-order chi connectivity index (χ1) is 10.0. The fourth-order valence-corrected chi connectivity index (χ4v) is 3.08. The van der Waals surface area contributed by atoms with E-state index in [-0.39, 0.29) is 11.7 Å². The molecule has 116 valence electrons. The Bertz CT molecular complexity index is 510. The predicted octanol–water partition coefficient (Wildman–Crippen LogP) is 2.68. The molecule has 1 aromatic rings. The Hall–Kier alpha value is -1.53. The lowest BCUT2D eigenvalue weighted by Gasteiger charge is -2.38. The fraction of sp³-hybridized carbons (Fsp3) is 0.600. The van der Waals surface area contributed by atoms with Crippen LogP contribution in [0.1, 0.15) is 31.7 Å². The minimum absolute atomic E-state index is 0.0233. The molecular formula is C15H22FN3O2. The molecular weight excluding hydrogens is 273 g/mol. The van der Waals surface area contributed by atoms with Gasteiger partial charge in [-0.2, -0.15) is 0 Å². The van der Waals surface area contributed by atoms with Crippen molar-refractivity contribution >= 4 is 5.69 Å². The van der Waals surface area contributed by atoms with Gasteiger partial charge in [-0.3, -0.25) is 15.0 Å². The molecule has 0 radical (unpaired) electrons. The fourth-order valence-electron chi connectivity index (χ4n) is 3.08. The van der Waals surface area contributed by atoms with Crippen LogP contribution in [-0.2, 0) is 6.54 Å². The smallest absolute Gasteiger partial charge is 0.274 e. The summed E-state index contributed by atoms with van der Waals surface area (Å²) in [6, 6.07) is 3.84. The highest BCUT2D eigenvalue weighted by Crippen LogP contribution is 2.28. The number of hydrogen-bond acceptors (Lipinski definition) is 4. The molecule has 2 atom stereocenters. The zero-order valence-corrected chi connectivity index (χ0v) is 12.3. The molecule has 0 aliphatic carbocycles. The molecule has 1 aliphatic heterocycles. The summed E-state index contributed by atoms with van der Waals surface area (Å²) in [5, 5.41) is 11.1. The molecule has 0 saturated carbocycles. The topological polar surface area (TPSA) is 72.4 Å².